The molecule has 0 fully saturated rings. The van der Waals surface area contributed by atoms with Crippen LogP contribution < -0.4 is 0 Å². The van der Waals surface area contributed by atoms with Crippen molar-refractivity contribution in [2.24, 2.45) is 5.92 Å². The lowest BCUT2D eigenvalue weighted by molar-refractivity contribution is -0.156. The Labute approximate surface area is 365 Å². The van der Waals surface area contributed by atoms with E-state index in [1.54, 1.807) is 0 Å². The zero-order chi connectivity index (χ0) is 43.4. The van der Waals surface area contributed by atoms with E-state index in [0.29, 0.717) is 19.4 Å². The topological polar surface area (TPSA) is 76.2 Å². The van der Waals surface area contributed by atoms with Crippen LogP contribution >= 0.6 is 0 Å². The van der Waals surface area contributed by atoms with Crippen molar-refractivity contribution in [3.8, 4) is 0 Å². The van der Waals surface area contributed by atoms with Crippen molar-refractivity contribution in [3.63, 3.8) is 0 Å². The predicted molar refractivity (Wildman–Crippen MR) is 253 cm³/mol. The number of hydrogen-bond donors (Lipinski definition) is 0. The molecule has 0 aliphatic carbocycles. The molecular formula is C52H94N2O5. The molecule has 0 saturated heterocycles. The zero-order valence-corrected chi connectivity index (χ0v) is 39.5. The van der Waals surface area contributed by atoms with Crippen LogP contribution in [0.2, 0.25) is 0 Å². The number of hydrogen-bond acceptors (Lipinski definition) is 6. The van der Waals surface area contributed by atoms with Gasteiger partial charge in [0.1, 0.15) is 13.2 Å². The molecule has 0 aliphatic heterocycles. The quantitative estimate of drug-likeness (QED) is 0.0347. The smallest absolute Gasteiger partial charge is 0.305 e. The molecule has 342 valence electrons. The number of nitrogens with zero attached hydrogens (tertiary/aromatic N) is 2. The Balaban J connectivity index is 4.94. The summed E-state index contributed by atoms with van der Waals surface area (Å²) in [5.41, 5.74) is 0. The molecule has 0 bridgehead atoms. The van der Waals surface area contributed by atoms with Gasteiger partial charge in [0.2, 0.25) is 5.91 Å². The number of carbonyl (C=O) groups is 3. The van der Waals surface area contributed by atoms with Gasteiger partial charge in [0, 0.05) is 25.3 Å². The fourth-order valence-electron chi connectivity index (χ4n) is 7.13. The SMILES string of the molecule is CCCCC/C=C\C/C=C\CCCCCCCC(=O)OCC(COC(=O)CCCCCCC/C=C\C/C=C\CCCCC)N(CCCN(C)C)C(=O)[C@@H](CC)CCCC. The van der Waals surface area contributed by atoms with E-state index in [4.69, 9.17) is 9.47 Å². The number of unbranched alkanes of at least 4 members (excludes halogenated alkanes) is 17. The zero-order valence-electron chi connectivity index (χ0n) is 39.5. The summed E-state index contributed by atoms with van der Waals surface area (Å²) in [5, 5.41) is 0. The van der Waals surface area contributed by atoms with E-state index in [2.05, 4.69) is 81.2 Å². The highest BCUT2D eigenvalue weighted by atomic mass is 16.5. The maximum absolute atomic E-state index is 14.1. The van der Waals surface area contributed by atoms with Crippen LogP contribution in [0.5, 0.6) is 0 Å². The molecule has 0 aromatic heterocycles. The molecule has 7 nitrogen and oxygen atoms in total. The fourth-order valence-corrected chi connectivity index (χ4v) is 7.13. The Bertz CT molecular complexity index is 1030. The largest absolute Gasteiger partial charge is 0.463 e. The van der Waals surface area contributed by atoms with Crippen LogP contribution in [0.1, 0.15) is 214 Å². The Hall–Kier alpha value is -2.67. The van der Waals surface area contributed by atoms with Crippen molar-refractivity contribution in [3.05, 3.63) is 48.6 Å². The average Bonchev–Trinajstić information content (AvgIpc) is 3.22. The van der Waals surface area contributed by atoms with Crippen LogP contribution in [0.4, 0.5) is 0 Å². The molecule has 0 heterocycles. The number of allylic oxidation sites excluding steroid dienone is 8. The minimum Gasteiger partial charge on any atom is -0.463 e. The number of amides is 1. The monoisotopic (exact) mass is 827 g/mol. The summed E-state index contributed by atoms with van der Waals surface area (Å²) < 4.78 is 11.7. The normalized spacial score (nSPS) is 12.6. The summed E-state index contributed by atoms with van der Waals surface area (Å²) in [6, 6.07) is -0.498. The second-order valence-corrected chi connectivity index (χ2v) is 16.9. The van der Waals surface area contributed by atoms with Gasteiger partial charge in [-0.25, -0.2) is 0 Å². The first kappa shape index (κ1) is 56.3. The van der Waals surface area contributed by atoms with Crippen LogP contribution in [0.3, 0.4) is 0 Å². The summed E-state index contributed by atoms with van der Waals surface area (Å²) in [6.45, 7) is 10.2. The molecule has 0 spiro atoms. The van der Waals surface area contributed by atoms with Crippen LogP contribution in [-0.2, 0) is 23.9 Å². The van der Waals surface area contributed by atoms with Crippen LogP contribution in [-0.4, -0.2) is 74.1 Å². The maximum Gasteiger partial charge on any atom is 0.305 e. The number of carbonyl (C=O) groups excluding carboxylic acids is 3. The molecule has 1 atom stereocenters. The molecule has 0 aliphatic rings. The molecule has 0 radical (unpaired) electrons. The molecule has 0 aromatic carbocycles. The van der Waals surface area contributed by atoms with Crippen molar-refractivity contribution in [2.45, 2.75) is 220 Å². The van der Waals surface area contributed by atoms with E-state index >= 15 is 0 Å². The Morgan fingerprint density at radius 1 is 0.475 bits per heavy atom. The molecule has 0 N–H and O–H groups in total. The van der Waals surface area contributed by atoms with Gasteiger partial charge < -0.3 is 19.3 Å². The minimum absolute atomic E-state index is 0.0496. The van der Waals surface area contributed by atoms with E-state index in [1.807, 2.05) is 19.0 Å². The van der Waals surface area contributed by atoms with Gasteiger partial charge in [0.05, 0.1) is 6.04 Å². The van der Waals surface area contributed by atoms with E-state index in [0.717, 1.165) is 116 Å². The third-order valence-electron chi connectivity index (χ3n) is 11.0. The molecule has 59 heavy (non-hydrogen) atoms. The van der Waals surface area contributed by atoms with Gasteiger partial charge >= 0.3 is 11.9 Å². The van der Waals surface area contributed by atoms with E-state index in [1.165, 1.54) is 64.2 Å². The van der Waals surface area contributed by atoms with Crippen molar-refractivity contribution in [2.75, 3.05) is 40.4 Å². The highest BCUT2D eigenvalue weighted by Gasteiger charge is 2.30. The fraction of sp³-hybridized carbons (Fsp3) is 0.788. The summed E-state index contributed by atoms with van der Waals surface area (Å²) >= 11 is 0. The number of ether oxygens (including phenoxy) is 2. The summed E-state index contributed by atoms with van der Waals surface area (Å²) in [5.74, 6) is -0.491. The highest BCUT2D eigenvalue weighted by Crippen LogP contribution is 2.20. The summed E-state index contributed by atoms with van der Waals surface area (Å²) in [7, 11) is 4.06. The number of esters is 2. The average molecular weight is 827 g/mol. The number of rotatable bonds is 42. The van der Waals surface area contributed by atoms with Gasteiger partial charge in [-0.3, -0.25) is 14.4 Å². The van der Waals surface area contributed by atoms with Gasteiger partial charge in [-0.2, -0.15) is 0 Å². The third-order valence-corrected chi connectivity index (χ3v) is 11.0. The van der Waals surface area contributed by atoms with Crippen molar-refractivity contribution in [1.82, 2.24) is 9.80 Å². The van der Waals surface area contributed by atoms with Crippen molar-refractivity contribution >= 4 is 17.8 Å². The first-order chi connectivity index (χ1) is 28.8. The molecule has 7 heteroatoms. The first-order valence-electron chi connectivity index (χ1n) is 24.7. The third kappa shape index (κ3) is 36.9. The Kier molecular flexibility index (Phi) is 41.5. The predicted octanol–water partition coefficient (Wildman–Crippen LogP) is 14.1. The molecule has 0 rings (SSSR count). The molecular weight excluding hydrogens is 733 g/mol. The van der Waals surface area contributed by atoms with Gasteiger partial charge in [0.25, 0.3) is 0 Å². The van der Waals surface area contributed by atoms with E-state index < -0.39 is 6.04 Å². The van der Waals surface area contributed by atoms with Crippen molar-refractivity contribution < 1.29 is 23.9 Å². The van der Waals surface area contributed by atoms with E-state index in [-0.39, 0.29) is 37.0 Å². The lowest BCUT2D eigenvalue weighted by atomic mass is 9.97. The van der Waals surface area contributed by atoms with Crippen molar-refractivity contribution in [1.29, 1.82) is 0 Å². The van der Waals surface area contributed by atoms with Gasteiger partial charge in [0.15, 0.2) is 0 Å². The van der Waals surface area contributed by atoms with Crippen LogP contribution in [0, 0.1) is 5.92 Å². The van der Waals surface area contributed by atoms with Gasteiger partial charge in [-0.1, -0.05) is 153 Å². The first-order valence-corrected chi connectivity index (χ1v) is 24.7. The van der Waals surface area contributed by atoms with Crippen LogP contribution in [0.15, 0.2) is 48.6 Å². The standard InChI is InChI=1S/C52H94N2O5/c1-7-11-14-16-18-20-22-24-26-28-30-32-34-36-38-42-50(55)58-46-49(54(45-40-44-53(5)6)52(57)48(10-4)41-13-9-3)47-59-51(56)43-39-37-35-33-31-29-27-25-23-21-19-17-15-12-8-2/h18-21,24-27,48-49H,7-17,22-23,28-47H2,1-6H3/b20-18-,21-19-,26-24-,27-25-/t48-/m0/s1. The molecule has 1 amide bonds. The second kappa shape index (κ2) is 43.4. The molecule has 0 unspecified atom stereocenters. The summed E-state index contributed by atoms with van der Waals surface area (Å²) in [6.07, 6.45) is 48.3. The Morgan fingerprint density at radius 3 is 1.29 bits per heavy atom. The van der Waals surface area contributed by atoms with Gasteiger partial charge in [-0.05, 0) is 117 Å². The van der Waals surface area contributed by atoms with Crippen LogP contribution in [0.25, 0.3) is 0 Å². The minimum atomic E-state index is -0.498. The maximum atomic E-state index is 14.1. The lowest BCUT2D eigenvalue weighted by Crippen LogP contribution is -2.49. The van der Waals surface area contributed by atoms with E-state index in [9.17, 15) is 14.4 Å². The molecule has 0 saturated carbocycles. The van der Waals surface area contributed by atoms with Gasteiger partial charge in [-0.15, -0.1) is 0 Å². The second-order valence-electron chi connectivity index (χ2n) is 16.9. The Morgan fingerprint density at radius 2 is 0.881 bits per heavy atom. The lowest BCUT2D eigenvalue weighted by Gasteiger charge is -2.34. The highest BCUT2D eigenvalue weighted by molar-refractivity contribution is 5.79. The molecule has 0 aromatic rings. The summed E-state index contributed by atoms with van der Waals surface area (Å²) in [4.78, 5) is 43.9.